The van der Waals surface area contributed by atoms with E-state index in [0.717, 1.165) is 21.6 Å². The Morgan fingerprint density at radius 3 is 2.68 bits per heavy atom. The molecule has 2 aromatic carbocycles. The number of fused-ring (bicyclic) bond motifs is 1. The summed E-state index contributed by atoms with van der Waals surface area (Å²) in [5.74, 6) is 0.774. The number of hydrogen-bond donors (Lipinski definition) is 1. The summed E-state index contributed by atoms with van der Waals surface area (Å²) in [5, 5.41) is 4.47. The molecule has 112 valence electrons. The molecule has 1 aromatic heterocycles. The molecule has 0 saturated heterocycles. The summed E-state index contributed by atoms with van der Waals surface area (Å²) < 4.78 is 8.61. The molecule has 0 unspecified atom stereocenters. The zero-order chi connectivity index (χ0) is 15.5. The zero-order valence-corrected chi connectivity index (χ0v) is 13.4. The van der Waals surface area contributed by atoms with E-state index in [0.29, 0.717) is 5.70 Å². The lowest BCUT2D eigenvalue weighted by molar-refractivity contribution is 0.413. The number of nitrogens with zero attached hydrogens (tertiary/aromatic N) is 2. The second-order valence-electron chi connectivity index (χ2n) is 4.81. The Kier molecular flexibility index (Phi) is 3.98. The Bertz CT molecular complexity index is 892. The van der Waals surface area contributed by atoms with Gasteiger partial charge in [0.1, 0.15) is 5.75 Å². The van der Waals surface area contributed by atoms with Crippen molar-refractivity contribution in [2.45, 2.75) is 0 Å². The van der Waals surface area contributed by atoms with E-state index in [-0.39, 0.29) is 0 Å². The van der Waals surface area contributed by atoms with Crippen LogP contribution < -0.4 is 15.0 Å². The highest BCUT2D eigenvalue weighted by Crippen LogP contribution is 2.22. The first-order valence-electron chi connectivity index (χ1n) is 6.87. The van der Waals surface area contributed by atoms with Crippen molar-refractivity contribution in [2.75, 3.05) is 7.11 Å². The number of nitrogens with one attached hydrogen (secondary N) is 1. The van der Waals surface area contributed by atoms with E-state index in [1.165, 1.54) is 4.70 Å². The highest BCUT2D eigenvalue weighted by Gasteiger charge is 2.05. The number of hydrogen-bond acceptors (Lipinski definition) is 4. The lowest BCUT2D eigenvalue weighted by Gasteiger charge is -2.09. The number of aromatic nitrogens is 1. The van der Waals surface area contributed by atoms with Gasteiger partial charge in [-0.1, -0.05) is 42.2 Å². The number of ether oxygens (including phenoxy) is 1. The minimum atomic E-state index is 0.704. The van der Waals surface area contributed by atoms with Crippen molar-refractivity contribution < 1.29 is 4.74 Å². The first kappa shape index (κ1) is 14.4. The van der Waals surface area contributed by atoms with Crippen LogP contribution in [0.1, 0.15) is 5.56 Å². The molecule has 0 aliphatic rings. The van der Waals surface area contributed by atoms with Gasteiger partial charge >= 0.3 is 0 Å². The topological polar surface area (TPSA) is 38.5 Å². The maximum Gasteiger partial charge on any atom is 0.208 e. The number of para-hydroxylation sites is 2. The summed E-state index contributed by atoms with van der Waals surface area (Å²) in [6.07, 6.45) is 0. The van der Waals surface area contributed by atoms with Crippen LogP contribution in [0, 0.1) is 0 Å². The molecule has 0 aliphatic heterocycles. The molecule has 0 spiro atoms. The summed E-state index contributed by atoms with van der Waals surface area (Å²) in [7, 11) is 3.65. The fourth-order valence-electron chi connectivity index (χ4n) is 2.26. The van der Waals surface area contributed by atoms with Crippen molar-refractivity contribution in [3.63, 3.8) is 0 Å². The number of thiazole rings is 1. The van der Waals surface area contributed by atoms with Crippen LogP contribution in [0.3, 0.4) is 0 Å². The third-order valence-corrected chi connectivity index (χ3v) is 4.55. The van der Waals surface area contributed by atoms with E-state index in [4.69, 9.17) is 4.74 Å². The average molecular weight is 311 g/mol. The van der Waals surface area contributed by atoms with Crippen molar-refractivity contribution in [2.24, 2.45) is 12.1 Å². The van der Waals surface area contributed by atoms with Crippen molar-refractivity contribution in [1.29, 1.82) is 0 Å². The quantitative estimate of drug-likeness (QED) is 0.751. The van der Waals surface area contributed by atoms with Crippen LogP contribution in [-0.2, 0) is 7.05 Å². The summed E-state index contributed by atoms with van der Waals surface area (Å²) >= 11 is 1.63. The average Bonchev–Trinajstić information content (AvgIpc) is 2.89. The van der Waals surface area contributed by atoms with Gasteiger partial charge in [-0.15, -0.1) is 5.10 Å². The molecule has 3 rings (SSSR count). The van der Waals surface area contributed by atoms with Gasteiger partial charge in [-0.3, -0.25) is 5.43 Å². The maximum absolute atomic E-state index is 5.35. The molecular formula is C17H17N3OS. The minimum absolute atomic E-state index is 0.704. The third kappa shape index (κ3) is 2.63. The Labute approximate surface area is 133 Å². The molecule has 0 fully saturated rings. The van der Waals surface area contributed by atoms with Crippen LogP contribution in [0.15, 0.2) is 60.2 Å². The molecule has 0 radical (unpaired) electrons. The van der Waals surface area contributed by atoms with Gasteiger partial charge in [0, 0.05) is 12.6 Å². The summed E-state index contributed by atoms with van der Waals surface area (Å²) in [6.45, 7) is 4.04. The molecule has 0 amide bonds. The fraction of sp³-hybridized carbons (Fsp3) is 0.118. The number of methoxy groups -OCH3 is 1. The first-order valence-corrected chi connectivity index (χ1v) is 7.69. The Morgan fingerprint density at radius 1 is 1.18 bits per heavy atom. The lowest BCUT2D eigenvalue weighted by atomic mass is 10.1. The Morgan fingerprint density at radius 2 is 1.91 bits per heavy atom. The van der Waals surface area contributed by atoms with E-state index in [1.807, 2.05) is 43.4 Å². The second kappa shape index (κ2) is 6.07. The SMILES string of the molecule is C=C(N/N=c1\sc2ccccc2n1C)c1ccccc1OC. The van der Waals surface area contributed by atoms with Crippen LogP contribution in [-0.4, -0.2) is 11.7 Å². The third-order valence-electron chi connectivity index (χ3n) is 3.43. The molecule has 3 aromatic rings. The summed E-state index contributed by atoms with van der Waals surface area (Å²) in [6, 6.07) is 16.0. The fourth-order valence-corrected chi connectivity index (χ4v) is 3.24. The van der Waals surface area contributed by atoms with Gasteiger partial charge < -0.3 is 9.30 Å². The van der Waals surface area contributed by atoms with Crippen LogP contribution in [0.25, 0.3) is 15.9 Å². The molecular weight excluding hydrogens is 294 g/mol. The molecule has 0 bridgehead atoms. The largest absolute Gasteiger partial charge is 0.496 e. The zero-order valence-electron chi connectivity index (χ0n) is 12.5. The number of rotatable bonds is 4. The summed E-state index contributed by atoms with van der Waals surface area (Å²) in [5.41, 5.74) is 5.80. The van der Waals surface area contributed by atoms with E-state index >= 15 is 0 Å². The van der Waals surface area contributed by atoms with Gasteiger partial charge in [0.2, 0.25) is 4.80 Å². The standard InChI is InChI=1S/C17H17N3OS/c1-12(13-8-4-6-10-15(13)21-3)18-19-17-20(2)14-9-5-7-11-16(14)22-17/h4-11,18H,1H2,2-3H3/b19-17-. The van der Waals surface area contributed by atoms with Gasteiger partial charge in [-0.25, -0.2) is 0 Å². The van der Waals surface area contributed by atoms with Gasteiger partial charge in [0.15, 0.2) is 0 Å². The molecule has 1 heterocycles. The predicted molar refractivity (Wildman–Crippen MR) is 91.5 cm³/mol. The highest BCUT2D eigenvalue weighted by molar-refractivity contribution is 7.16. The molecule has 5 heteroatoms. The van der Waals surface area contributed by atoms with Crippen LogP contribution in [0.4, 0.5) is 0 Å². The van der Waals surface area contributed by atoms with E-state index in [9.17, 15) is 0 Å². The van der Waals surface area contributed by atoms with Gasteiger partial charge in [0.25, 0.3) is 0 Å². The number of aryl methyl sites for hydroxylation is 1. The Hall–Kier alpha value is -2.53. The molecule has 0 saturated carbocycles. The van der Waals surface area contributed by atoms with Crippen LogP contribution in [0.5, 0.6) is 5.75 Å². The smallest absolute Gasteiger partial charge is 0.208 e. The molecule has 4 nitrogen and oxygen atoms in total. The maximum atomic E-state index is 5.35. The monoisotopic (exact) mass is 311 g/mol. The van der Waals surface area contributed by atoms with Crippen molar-refractivity contribution >= 4 is 27.3 Å². The second-order valence-corrected chi connectivity index (χ2v) is 5.82. The normalized spacial score (nSPS) is 11.6. The van der Waals surface area contributed by atoms with Crippen molar-refractivity contribution in [3.8, 4) is 5.75 Å². The van der Waals surface area contributed by atoms with Crippen molar-refractivity contribution in [1.82, 2.24) is 9.99 Å². The molecule has 22 heavy (non-hydrogen) atoms. The van der Waals surface area contributed by atoms with Crippen LogP contribution >= 0.6 is 11.3 Å². The Balaban J connectivity index is 1.92. The molecule has 0 aliphatic carbocycles. The molecule has 1 N–H and O–H groups in total. The molecule has 0 atom stereocenters. The van der Waals surface area contributed by atoms with E-state index < -0.39 is 0 Å². The van der Waals surface area contributed by atoms with Crippen LogP contribution in [0.2, 0.25) is 0 Å². The predicted octanol–water partition coefficient (Wildman–Crippen LogP) is 3.32. The van der Waals surface area contributed by atoms with Gasteiger partial charge in [-0.2, -0.15) is 0 Å². The minimum Gasteiger partial charge on any atom is -0.496 e. The van der Waals surface area contributed by atoms with Crippen molar-refractivity contribution in [3.05, 3.63) is 65.5 Å². The van der Waals surface area contributed by atoms with E-state index in [2.05, 4.69) is 33.8 Å². The summed E-state index contributed by atoms with van der Waals surface area (Å²) in [4.78, 5) is 0.886. The number of benzene rings is 2. The highest BCUT2D eigenvalue weighted by atomic mass is 32.1. The lowest BCUT2D eigenvalue weighted by Crippen LogP contribution is -2.16. The van der Waals surface area contributed by atoms with E-state index in [1.54, 1.807) is 18.4 Å². The van der Waals surface area contributed by atoms with Gasteiger partial charge in [0.05, 0.1) is 23.0 Å². The first-order chi connectivity index (χ1) is 10.7. The van der Waals surface area contributed by atoms with Gasteiger partial charge in [-0.05, 0) is 24.3 Å².